The van der Waals surface area contributed by atoms with Gasteiger partial charge in [0.1, 0.15) is 6.10 Å². The molecule has 1 amide bonds. The minimum Gasteiger partial charge on any atom is -0.399 e. The second-order valence-corrected chi connectivity index (χ2v) is 4.79. The van der Waals surface area contributed by atoms with Crippen molar-refractivity contribution >= 4 is 11.6 Å². The summed E-state index contributed by atoms with van der Waals surface area (Å²) in [4.78, 5) is 11.9. The van der Waals surface area contributed by atoms with E-state index in [9.17, 15) is 4.79 Å². The van der Waals surface area contributed by atoms with Crippen LogP contribution in [0.3, 0.4) is 0 Å². The van der Waals surface area contributed by atoms with Crippen molar-refractivity contribution in [3.05, 3.63) is 29.3 Å². The summed E-state index contributed by atoms with van der Waals surface area (Å²) in [7, 11) is 1.54. The molecular weight excluding hydrogens is 228 g/mol. The molecule has 0 radical (unpaired) electrons. The van der Waals surface area contributed by atoms with Crippen molar-refractivity contribution in [3.8, 4) is 0 Å². The van der Waals surface area contributed by atoms with Gasteiger partial charge in [-0.25, -0.2) is 0 Å². The number of anilines is 1. The maximum atomic E-state index is 11.9. The second kappa shape index (κ2) is 5.40. The molecule has 0 aliphatic heterocycles. The molecule has 1 aromatic carbocycles. The number of ether oxygens (including phenoxy) is 1. The lowest BCUT2D eigenvalue weighted by molar-refractivity contribution is -0.130. The fourth-order valence-corrected chi connectivity index (χ4v) is 2.38. The zero-order valence-corrected chi connectivity index (χ0v) is 10.9. The van der Waals surface area contributed by atoms with Gasteiger partial charge in [0.25, 0.3) is 0 Å². The summed E-state index contributed by atoms with van der Waals surface area (Å²) >= 11 is 0. The van der Waals surface area contributed by atoms with Crippen LogP contribution in [-0.2, 0) is 16.0 Å². The Bertz CT molecular complexity index is 445. The first-order valence-electron chi connectivity index (χ1n) is 6.33. The molecule has 0 saturated heterocycles. The van der Waals surface area contributed by atoms with E-state index in [1.54, 1.807) is 14.0 Å². The number of carbonyl (C=O) groups excluding carboxylic acids is 1. The molecule has 3 N–H and O–H groups in total. The number of carbonyl (C=O) groups is 1. The molecule has 2 rings (SSSR count). The maximum Gasteiger partial charge on any atom is 0.249 e. The molecule has 18 heavy (non-hydrogen) atoms. The summed E-state index contributed by atoms with van der Waals surface area (Å²) in [6, 6.07) is 6.00. The van der Waals surface area contributed by atoms with Crippen LogP contribution in [0, 0.1) is 0 Å². The summed E-state index contributed by atoms with van der Waals surface area (Å²) in [5, 5.41) is 3.04. The van der Waals surface area contributed by atoms with Gasteiger partial charge < -0.3 is 15.8 Å². The smallest absolute Gasteiger partial charge is 0.249 e. The predicted octanol–water partition coefficient (Wildman–Crippen LogP) is 1.80. The number of hydrogen-bond acceptors (Lipinski definition) is 3. The summed E-state index contributed by atoms with van der Waals surface area (Å²) in [6.45, 7) is 1.75. The van der Waals surface area contributed by atoms with Crippen molar-refractivity contribution in [2.45, 2.75) is 38.3 Å². The molecule has 2 unspecified atom stereocenters. The van der Waals surface area contributed by atoms with E-state index in [2.05, 4.69) is 5.32 Å². The van der Waals surface area contributed by atoms with Gasteiger partial charge in [0.15, 0.2) is 0 Å². The molecule has 1 aliphatic rings. The van der Waals surface area contributed by atoms with E-state index in [0.29, 0.717) is 0 Å². The van der Waals surface area contributed by atoms with Gasteiger partial charge >= 0.3 is 0 Å². The molecular formula is C14H20N2O2. The number of benzene rings is 1. The molecule has 4 heteroatoms. The van der Waals surface area contributed by atoms with E-state index >= 15 is 0 Å². The molecule has 98 valence electrons. The maximum absolute atomic E-state index is 11.9. The first kappa shape index (κ1) is 12.9. The van der Waals surface area contributed by atoms with Crippen LogP contribution in [-0.4, -0.2) is 19.1 Å². The Hall–Kier alpha value is -1.55. The highest BCUT2D eigenvalue weighted by Crippen LogP contribution is 2.30. The third-order valence-electron chi connectivity index (χ3n) is 3.52. The van der Waals surface area contributed by atoms with Crippen LogP contribution in [0.5, 0.6) is 0 Å². The quantitative estimate of drug-likeness (QED) is 0.802. The molecule has 0 spiro atoms. The highest BCUT2D eigenvalue weighted by Gasteiger charge is 2.23. The Morgan fingerprint density at radius 1 is 1.56 bits per heavy atom. The average Bonchev–Trinajstić information content (AvgIpc) is 2.37. The van der Waals surface area contributed by atoms with Gasteiger partial charge in [-0.05, 0) is 49.4 Å². The third kappa shape index (κ3) is 2.64. The molecule has 1 aromatic rings. The lowest BCUT2D eigenvalue weighted by Crippen LogP contribution is -2.37. The molecule has 0 saturated carbocycles. The molecule has 0 aromatic heterocycles. The van der Waals surface area contributed by atoms with Crippen LogP contribution in [0.1, 0.15) is 36.9 Å². The Kier molecular flexibility index (Phi) is 3.87. The van der Waals surface area contributed by atoms with Gasteiger partial charge in [0.05, 0.1) is 6.04 Å². The minimum atomic E-state index is -0.413. The van der Waals surface area contributed by atoms with Gasteiger partial charge in [-0.15, -0.1) is 0 Å². The Labute approximate surface area is 108 Å². The van der Waals surface area contributed by atoms with Crippen LogP contribution >= 0.6 is 0 Å². The van der Waals surface area contributed by atoms with Crippen molar-refractivity contribution in [2.75, 3.05) is 12.8 Å². The summed E-state index contributed by atoms with van der Waals surface area (Å²) in [5.41, 5.74) is 9.01. The number of amides is 1. The molecule has 4 nitrogen and oxygen atoms in total. The number of aryl methyl sites for hydroxylation is 1. The van der Waals surface area contributed by atoms with Crippen molar-refractivity contribution in [2.24, 2.45) is 0 Å². The molecule has 0 bridgehead atoms. The number of methoxy groups -OCH3 is 1. The fourth-order valence-electron chi connectivity index (χ4n) is 2.38. The number of nitrogens with one attached hydrogen (secondary N) is 1. The normalized spacial score (nSPS) is 20.0. The van der Waals surface area contributed by atoms with Crippen LogP contribution in [0.4, 0.5) is 5.69 Å². The van der Waals surface area contributed by atoms with Gasteiger partial charge in [0, 0.05) is 12.8 Å². The van der Waals surface area contributed by atoms with E-state index in [1.165, 1.54) is 11.1 Å². The van der Waals surface area contributed by atoms with Crippen LogP contribution in [0.2, 0.25) is 0 Å². The van der Waals surface area contributed by atoms with Crippen molar-refractivity contribution in [3.63, 3.8) is 0 Å². The predicted molar refractivity (Wildman–Crippen MR) is 71.1 cm³/mol. The standard InChI is InChI=1S/C14H20N2O2/c1-9(18-2)14(17)16-13-5-3-4-10-8-11(15)6-7-12(10)13/h6-9,13H,3-5,15H2,1-2H3,(H,16,17). The van der Waals surface area contributed by atoms with E-state index in [0.717, 1.165) is 24.9 Å². The molecule has 0 fully saturated rings. The topological polar surface area (TPSA) is 64.3 Å². The SMILES string of the molecule is COC(C)C(=O)NC1CCCc2cc(N)ccc21. The Balaban J connectivity index is 2.15. The Morgan fingerprint density at radius 2 is 2.33 bits per heavy atom. The second-order valence-electron chi connectivity index (χ2n) is 4.79. The van der Waals surface area contributed by atoms with Crippen LogP contribution in [0.15, 0.2) is 18.2 Å². The average molecular weight is 248 g/mol. The highest BCUT2D eigenvalue weighted by atomic mass is 16.5. The Morgan fingerprint density at radius 3 is 3.06 bits per heavy atom. The van der Waals surface area contributed by atoms with Gasteiger partial charge in [-0.2, -0.15) is 0 Å². The van der Waals surface area contributed by atoms with Gasteiger partial charge in [-0.3, -0.25) is 4.79 Å². The summed E-state index contributed by atoms with van der Waals surface area (Å²) < 4.78 is 5.03. The largest absolute Gasteiger partial charge is 0.399 e. The number of hydrogen-bond donors (Lipinski definition) is 2. The third-order valence-corrected chi connectivity index (χ3v) is 3.52. The number of fused-ring (bicyclic) bond motifs is 1. The van der Waals surface area contributed by atoms with E-state index < -0.39 is 6.10 Å². The fraction of sp³-hybridized carbons (Fsp3) is 0.500. The van der Waals surface area contributed by atoms with Gasteiger partial charge in [0.2, 0.25) is 5.91 Å². The number of rotatable bonds is 3. The van der Waals surface area contributed by atoms with Crippen molar-refractivity contribution < 1.29 is 9.53 Å². The zero-order chi connectivity index (χ0) is 13.1. The van der Waals surface area contributed by atoms with Crippen molar-refractivity contribution in [1.29, 1.82) is 0 Å². The molecule has 1 aliphatic carbocycles. The molecule has 2 atom stereocenters. The monoisotopic (exact) mass is 248 g/mol. The summed E-state index contributed by atoms with van der Waals surface area (Å²) in [5.74, 6) is -0.0628. The van der Waals surface area contributed by atoms with Crippen LogP contribution < -0.4 is 11.1 Å². The molecule has 0 heterocycles. The lowest BCUT2D eigenvalue weighted by atomic mass is 9.87. The number of nitrogen functional groups attached to an aromatic ring is 1. The van der Waals surface area contributed by atoms with Crippen LogP contribution in [0.25, 0.3) is 0 Å². The van der Waals surface area contributed by atoms with E-state index in [4.69, 9.17) is 10.5 Å². The summed E-state index contributed by atoms with van der Waals surface area (Å²) in [6.07, 6.45) is 2.66. The minimum absolute atomic E-state index is 0.0628. The van der Waals surface area contributed by atoms with Gasteiger partial charge in [-0.1, -0.05) is 6.07 Å². The first-order valence-corrected chi connectivity index (χ1v) is 6.33. The van der Waals surface area contributed by atoms with E-state index in [-0.39, 0.29) is 11.9 Å². The van der Waals surface area contributed by atoms with E-state index in [1.807, 2.05) is 18.2 Å². The lowest BCUT2D eigenvalue weighted by Gasteiger charge is -2.27. The number of nitrogens with two attached hydrogens (primary N) is 1. The highest BCUT2D eigenvalue weighted by molar-refractivity contribution is 5.80. The van der Waals surface area contributed by atoms with Crippen molar-refractivity contribution in [1.82, 2.24) is 5.32 Å². The first-order chi connectivity index (χ1) is 8.61. The zero-order valence-electron chi connectivity index (χ0n) is 10.9.